The molecule has 0 unspecified atom stereocenters. The molecule has 0 bridgehead atoms. The normalized spacial score (nSPS) is 14.6. The summed E-state index contributed by atoms with van der Waals surface area (Å²) in [4.78, 5) is 25.6. The van der Waals surface area contributed by atoms with Crippen LogP contribution in [0.5, 0.6) is 0 Å². The van der Waals surface area contributed by atoms with E-state index in [1.807, 2.05) is 48.2 Å². The summed E-state index contributed by atoms with van der Waals surface area (Å²) >= 11 is 0. The first-order valence-corrected chi connectivity index (χ1v) is 9.22. The van der Waals surface area contributed by atoms with Gasteiger partial charge in [-0.3, -0.25) is 4.79 Å². The largest absolute Gasteiger partial charge is 0.340 e. The van der Waals surface area contributed by atoms with Gasteiger partial charge in [0.1, 0.15) is 5.82 Å². The first kappa shape index (κ1) is 18.2. The van der Waals surface area contributed by atoms with Crippen LogP contribution in [-0.4, -0.2) is 47.0 Å². The Morgan fingerprint density at radius 1 is 1.12 bits per heavy atom. The van der Waals surface area contributed by atoms with Gasteiger partial charge in [-0.05, 0) is 25.0 Å². The summed E-state index contributed by atoms with van der Waals surface area (Å²) < 4.78 is 0. The number of aromatic nitrogens is 2. The standard InChI is InChI=1S/C20H27N5O/c1-15(2)13-19(26)24-9-11-25(12-10-24)20-21-16(3)14-18(23-20)22-17-7-5-4-6-8-17/h4-8,14-15H,9-13H2,1-3H3,(H,21,22,23). The maximum Gasteiger partial charge on any atom is 0.227 e. The zero-order chi connectivity index (χ0) is 18.5. The molecular weight excluding hydrogens is 326 g/mol. The summed E-state index contributed by atoms with van der Waals surface area (Å²) in [7, 11) is 0. The third-order valence-corrected chi connectivity index (χ3v) is 4.39. The van der Waals surface area contributed by atoms with Crippen molar-refractivity contribution in [1.82, 2.24) is 14.9 Å². The minimum atomic E-state index is 0.247. The lowest BCUT2D eigenvalue weighted by atomic mass is 10.1. The van der Waals surface area contributed by atoms with Gasteiger partial charge in [-0.2, -0.15) is 4.98 Å². The molecule has 0 spiro atoms. The SMILES string of the molecule is Cc1cc(Nc2ccccc2)nc(N2CCN(C(=O)CC(C)C)CC2)n1. The maximum atomic E-state index is 12.2. The first-order chi connectivity index (χ1) is 12.5. The van der Waals surface area contributed by atoms with Crippen LogP contribution in [0.4, 0.5) is 17.5 Å². The molecule has 0 aliphatic carbocycles. The second kappa shape index (κ2) is 8.17. The molecule has 1 amide bonds. The van der Waals surface area contributed by atoms with Crippen LogP contribution in [0, 0.1) is 12.8 Å². The Balaban J connectivity index is 1.66. The van der Waals surface area contributed by atoms with Crippen molar-refractivity contribution in [2.24, 2.45) is 5.92 Å². The van der Waals surface area contributed by atoms with Crippen LogP contribution in [0.3, 0.4) is 0 Å². The van der Waals surface area contributed by atoms with Crippen LogP contribution >= 0.6 is 0 Å². The summed E-state index contributed by atoms with van der Waals surface area (Å²) in [5.74, 6) is 2.15. The van der Waals surface area contributed by atoms with Gasteiger partial charge in [0.25, 0.3) is 0 Å². The van der Waals surface area contributed by atoms with Gasteiger partial charge in [0.2, 0.25) is 11.9 Å². The summed E-state index contributed by atoms with van der Waals surface area (Å²) in [6.07, 6.45) is 0.617. The molecule has 2 heterocycles. The molecular formula is C20H27N5O. The van der Waals surface area contributed by atoms with Crippen LogP contribution in [-0.2, 0) is 4.79 Å². The van der Waals surface area contributed by atoms with E-state index >= 15 is 0 Å². The molecule has 1 aliphatic rings. The summed E-state index contributed by atoms with van der Waals surface area (Å²) in [5, 5.41) is 3.33. The quantitative estimate of drug-likeness (QED) is 0.894. The van der Waals surface area contributed by atoms with Crippen LogP contribution in [0.2, 0.25) is 0 Å². The van der Waals surface area contributed by atoms with Crippen molar-refractivity contribution in [3.05, 3.63) is 42.1 Å². The van der Waals surface area contributed by atoms with Crippen molar-refractivity contribution in [3.8, 4) is 0 Å². The number of nitrogens with one attached hydrogen (secondary N) is 1. The lowest BCUT2D eigenvalue weighted by molar-refractivity contribution is -0.132. The maximum absolute atomic E-state index is 12.2. The number of para-hydroxylation sites is 1. The predicted octanol–water partition coefficient (Wildman–Crippen LogP) is 3.22. The van der Waals surface area contributed by atoms with E-state index in [0.717, 1.165) is 49.3 Å². The highest BCUT2D eigenvalue weighted by Gasteiger charge is 2.23. The third-order valence-electron chi connectivity index (χ3n) is 4.39. The van der Waals surface area contributed by atoms with Gasteiger partial charge in [0.15, 0.2) is 0 Å². The average molecular weight is 353 g/mol. The molecule has 6 heteroatoms. The molecule has 1 N–H and O–H groups in total. The number of carbonyl (C=O) groups excluding carboxylic acids is 1. The van der Waals surface area contributed by atoms with E-state index in [2.05, 4.69) is 34.0 Å². The molecule has 1 aromatic heterocycles. The molecule has 138 valence electrons. The van der Waals surface area contributed by atoms with Crippen molar-refractivity contribution in [2.45, 2.75) is 27.2 Å². The molecule has 0 saturated carbocycles. The lowest BCUT2D eigenvalue weighted by Crippen LogP contribution is -2.49. The number of anilines is 3. The van der Waals surface area contributed by atoms with Gasteiger partial charge >= 0.3 is 0 Å². The van der Waals surface area contributed by atoms with Crippen LogP contribution < -0.4 is 10.2 Å². The van der Waals surface area contributed by atoms with Crippen molar-refractivity contribution in [1.29, 1.82) is 0 Å². The Kier molecular flexibility index (Phi) is 5.71. The molecule has 0 atom stereocenters. The number of piperazine rings is 1. The second-order valence-electron chi connectivity index (χ2n) is 7.15. The van der Waals surface area contributed by atoms with E-state index in [-0.39, 0.29) is 5.91 Å². The van der Waals surface area contributed by atoms with E-state index in [0.29, 0.717) is 12.3 Å². The van der Waals surface area contributed by atoms with E-state index in [9.17, 15) is 4.79 Å². The average Bonchev–Trinajstić information content (AvgIpc) is 2.61. The Morgan fingerprint density at radius 3 is 2.46 bits per heavy atom. The van der Waals surface area contributed by atoms with Gasteiger partial charge < -0.3 is 15.1 Å². The van der Waals surface area contributed by atoms with Crippen molar-refractivity contribution < 1.29 is 4.79 Å². The van der Waals surface area contributed by atoms with E-state index in [4.69, 9.17) is 0 Å². The fourth-order valence-corrected chi connectivity index (χ4v) is 3.06. The fraction of sp³-hybridized carbons (Fsp3) is 0.450. The van der Waals surface area contributed by atoms with Crippen LogP contribution in [0.1, 0.15) is 26.0 Å². The monoisotopic (exact) mass is 353 g/mol. The summed E-state index contributed by atoms with van der Waals surface area (Å²) in [5.41, 5.74) is 1.92. The molecule has 6 nitrogen and oxygen atoms in total. The highest BCUT2D eigenvalue weighted by molar-refractivity contribution is 5.76. The molecule has 26 heavy (non-hydrogen) atoms. The number of carbonyl (C=O) groups is 1. The molecule has 1 saturated heterocycles. The predicted molar refractivity (Wildman–Crippen MR) is 105 cm³/mol. The van der Waals surface area contributed by atoms with Crippen LogP contribution in [0.25, 0.3) is 0 Å². The van der Waals surface area contributed by atoms with Crippen molar-refractivity contribution in [2.75, 3.05) is 36.4 Å². The highest BCUT2D eigenvalue weighted by Crippen LogP contribution is 2.19. The first-order valence-electron chi connectivity index (χ1n) is 9.22. The number of benzene rings is 1. The van der Waals surface area contributed by atoms with Crippen LogP contribution in [0.15, 0.2) is 36.4 Å². The third kappa shape index (κ3) is 4.71. The van der Waals surface area contributed by atoms with Gasteiger partial charge in [-0.1, -0.05) is 32.0 Å². The molecule has 2 aromatic rings. The molecule has 0 radical (unpaired) electrons. The van der Waals surface area contributed by atoms with Crippen molar-refractivity contribution in [3.63, 3.8) is 0 Å². The Morgan fingerprint density at radius 2 is 1.81 bits per heavy atom. The van der Waals surface area contributed by atoms with Gasteiger partial charge in [-0.15, -0.1) is 0 Å². The fourth-order valence-electron chi connectivity index (χ4n) is 3.06. The molecule has 1 fully saturated rings. The Bertz CT molecular complexity index is 739. The Hall–Kier alpha value is -2.63. The Labute approximate surface area is 155 Å². The number of rotatable bonds is 5. The number of hydrogen-bond donors (Lipinski definition) is 1. The lowest BCUT2D eigenvalue weighted by Gasteiger charge is -2.35. The minimum absolute atomic E-state index is 0.247. The summed E-state index contributed by atoms with van der Waals surface area (Å²) in [6, 6.07) is 11.9. The molecule has 3 rings (SSSR count). The zero-order valence-electron chi connectivity index (χ0n) is 15.8. The van der Waals surface area contributed by atoms with Gasteiger partial charge in [-0.25, -0.2) is 4.98 Å². The molecule has 1 aromatic carbocycles. The molecule has 1 aliphatic heterocycles. The minimum Gasteiger partial charge on any atom is -0.340 e. The number of amides is 1. The smallest absolute Gasteiger partial charge is 0.227 e. The zero-order valence-corrected chi connectivity index (χ0v) is 15.8. The van der Waals surface area contributed by atoms with E-state index in [1.54, 1.807) is 0 Å². The highest BCUT2D eigenvalue weighted by atomic mass is 16.2. The summed E-state index contributed by atoms with van der Waals surface area (Å²) in [6.45, 7) is 9.11. The number of aryl methyl sites for hydroxylation is 1. The van der Waals surface area contributed by atoms with Gasteiger partial charge in [0, 0.05) is 50.0 Å². The number of nitrogens with zero attached hydrogens (tertiary/aromatic N) is 4. The van der Waals surface area contributed by atoms with Gasteiger partial charge in [0.05, 0.1) is 0 Å². The topological polar surface area (TPSA) is 61.4 Å². The van der Waals surface area contributed by atoms with Crippen molar-refractivity contribution >= 4 is 23.4 Å². The van der Waals surface area contributed by atoms with E-state index < -0.39 is 0 Å². The second-order valence-corrected chi connectivity index (χ2v) is 7.15. The van der Waals surface area contributed by atoms with E-state index in [1.165, 1.54) is 0 Å². The number of hydrogen-bond acceptors (Lipinski definition) is 5.